The van der Waals surface area contributed by atoms with E-state index < -0.39 is 6.17 Å². The molecule has 0 aromatic heterocycles. The minimum atomic E-state index is -0.479. The topological polar surface area (TPSA) is 12.0 Å². The minimum Gasteiger partial charge on any atom is -0.317 e. The van der Waals surface area contributed by atoms with Crippen LogP contribution >= 0.6 is 12.4 Å². The van der Waals surface area contributed by atoms with Gasteiger partial charge in [0.05, 0.1) is 0 Å². The fourth-order valence-electron chi connectivity index (χ4n) is 2.48. The third-order valence-electron chi connectivity index (χ3n) is 3.20. The number of rotatable bonds is 0. The van der Waals surface area contributed by atoms with E-state index in [4.69, 9.17) is 0 Å². The summed E-state index contributed by atoms with van der Waals surface area (Å²) in [6, 6.07) is 0. The second-order valence-corrected chi connectivity index (χ2v) is 4.11. The van der Waals surface area contributed by atoms with Crippen molar-refractivity contribution in [3.63, 3.8) is 0 Å². The van der Waals surface area contributed by atoms with Crippen LogP contribution in [-0.4, -0.2) is 19.3 Å². The number of alkyl halides is 1. The normalized spacial score (nSPS) is 41.2. The first-order valence-electron chi connectivity index (χ1n) is 4.66. The lowest BCUT2D eigenvalue weighted by atomic mass is 9.63. The van der Waals surface area contributed by atoms with Crippen LogP contribution in [0.15, 0.2) is 0 Å². The molecule has 2 rings (SSSR count). The predicted octanol–water partition coefficient (Wildman–Crippen LogP) is 2.30. The van der Waals surface area contributed by atoms with Crippen LogP contribution in [-0.2, 0) is 0 Å². The lowest BCUT2D eigenvalue weighted by Crippen LogP contribution is -2.39. The van der Waals surface area contributed by atoms with Crippen molar-refractivity contribution >= 4 is 12.4 Å². The van der Waals surface area contributed by atoms with Gasteiger partial charge in [-0.1, -0.05) is 0 Å². The number of hydrogen-bond donors (Lipinski definition) is 1. The minimum absolute atomic E-state index is 0. The zero-order valence-electron chi connectivity index (χ0n) is 7.31. The fraction of sp³-hybridized carbons (Fsp3) is 1.00. The molecule has 0 aromatic carbocycles. The summed E-state index contributed by atoms with van der Waals surface area (Å²) in [4.78, 5) is 0. The molecule has 1 spiro atoms. The Bertz CT molecular complexity index is 135. The van der Waals surface area contributed by atoms with E-state index in [-0.39, 0.29) is 12.4 Å². The molecule has 1 nitrogen and oxygen atoms in total. The Hall–Kier alpha value is 0.180. The van der Waals surface area contributed by atoms with Crippen molar-refractivity contribution in [3.05, 3.63) is 0 Å². The van der Waals surface area contributed by atoms with Crippen LogP contribution in [0, 0.1) is 5.41 Å². The van der Waals surface area contributed by atoms with Gasteiger partial charge in [-0.3, -0.25) is 0 Å². The Morgan fingerprint density at radius 2 is 1.92 bits per heavy atom. The first-order valence-corrected chi connectivity index (χ1v) is 4.66. The molecule has 1 N–H and O–H groups in total. The molecule has 72 valence electrons. The monoisotopic (exact) mass is 193 g/mol. The van der Waals surface area contributed by atoms with E-state index >= 15 is 0 Å². The highest BCUT2D eigenvalue weighted by atomic mass is 35.5. The van der Waals surface area contributed by atoms with E-state index in [1.807, 2.05) is 0 Å². The fourth-order valence-corrected chi connectivity index (χ4v) is 2.48. The SMILES string of the molecule is Cl.FC1CC2(CCCNCC2)C1. The molecule has 1 aliphatic heterocycles. The third kappa shape index (κ3) is 1.91. The van der Waals surface area contributed by atoms with Gasteiger partial charge in [-0.05, 0) is 50.6 Å². The molecule has 12 heavy (non-hydrogen) atoms. The molecule has 1 heterocycles. The van der Waals surface area contributed by atoms with Crippen LogP contribution < -0.4 is 5.32 Å². The zero-order valence-corrected chi connectivity index (χ0v) is 8.13. The van der Waals surface area contributed by atoms with Gasteiger partial charge in [-0.15, -0.1) is 12.4 Å². The first-order chi connectivity index (χ1) is 5.31. The molecule has 0 aromatic rings. The van der Waals surface area contributed by atoms with E-state index in [0.717, 1.165) is 25.9 Å². The van der Waals surface area contributed by atoms with Crippen LogP contribution in [0.1, 0.15) is 32.1 Å². The van der Waals surface area contributed by atoms with Crippen LogP contribution in [0.2, 0.25) is 0 Å². The highest BCUT2D eigenvalue weighted by molar-refractivity contribution is 5.85. The summed E-state index contributed by atoms with van der Waals surface area (Å²) in [5, 5.41) is 3.36. The van der Waals surface area contributed by atoms with Crippen LogP contribution in [0.4, 0.5) is 4.39 Å². The maximum atomic E-state index is 12.7. The molecule has 0 radical (unpaired) electrons. The Morgan fingerprint density at radius 1 is 1.17 bits per heavy atom. The highest BCUT2D eigenvalue weighted by Gasteiger charge is 2.43. The van der Waals surface area contributed by atoms with Gasteiger partial charge in [0.15, 0.2) is 0 Å². The Morgan fingerprint density at radius 3 is 2.58 bits per heavy atom. The number of halogens is 2. The van der Waals surface area contributed by atoms with Crippen molar-refractivity contribution in [3.8, 4) is 0 Å². The average Bonchev–Trinajstić information content (AvgIpc) is 2.12. The molecule has 0 amide bonds. The molecule has 1 aliphatic carbocycles. The van der Waals surface area contributed by atoms with Crippen molar-refractivity contribution < 1.29 is 4.39 Å². The van der Waals surface area contributed by atoms with Crippen LogP contribution in [0.5, 0.6) is 0 Å². The van der Waals surface area contributed by atoms with Crippen molar-refractivity contribution in [1.29, 1.82) is 0 Å². The highest BCUT2D eigenvalue weighted by Crippen LogP contribution is 2.49. The molecule has 1 saturated carbocycles. The quantitative estimate of drug-likeness (QED) is 0.623. The van der Waals surface area contributed by atoms with Gasteiger partial charge in [0.1, 0.15) is 6.17 Å². The second kappa shape index (κ2) is 3.93. The summed E-state index contributed by atoms with van der Waals surface area (Å²) in [5.74, 6) is 0. The van der Waals surface area contributed by atoms with E-state index in [2.05, 4.69) is 5.32 Å². The van der Waals surface area contributed by atoms with Gasteiger partial charge in [0.2, 0.25) is 0 Å². The standard InChI is InChI=1S/C9H16FN.ClH/c10-8-6-9(7-8)2-1-4-11-5-3-9;/h8,11H,1-7H2;1H. The maximum absolute atomic E-state index is 12.7. The van der Waals surface area contributed by atoms with Gasteiger partial charge >= 0.3 is 0 Å². The third-order valence-corrected chi connectivity index (χ3v) is 3.20. The van der Waals surface area contributed by atoms with Gasteiger partial charge in [0.25, 0.3) is 0 Å². The molecule has 3 heteroatoms. The lowest BCUT2D eigenvalue weighted by molar-refractivity contribution is 0.0149. The molecule has 1 saturated heterocycles. The van der Waals surface area contributed by atoms with Crippen molar-refractivity contribution in [2.24, 2.45) is 5.41 Å². The van der Waals surface area contributed by atoms with Crippen molar-refractivity contribution in [2.45, 2.75) is 38.3 Å². The molecule has 0 atom stereocenters. The Balaban J connectivity index is 0.000000720. The van der Waals surface area contributed by atoms with Crippen molar-refractivity contribution in [2.75, 3.05) is 13.1 Å². The van der Waals surface area contributed by atoms with Gasteiger partial charge in [-0.25, -0.2) is 4.39 Å². The summed E-state index contributed by atoms with van der Waals surface area (Å²) >= 11 is 0. The smallest absolute Gasteiger partial charge is 0.101 e. The van der Waals surface area contributed by atoms with Crippen LogP contribution in [0.3, 0.4) is 0 Å². The first kappa shape index (κ1) is 10.3. The van der Waals surface area contributed by atoms with Crippen molar-refractivity contribution in [1.82, 2.24) is 5.32 Å². The van der Waals surface area contributed by atoms with E-state index in [1.54, 1.807) is 0 Å². The van der Waals surface area contributed by atoms with Gasteiger partial charge in [-0.2, -0.15) is 0 Å². The average molecular weight is 194 g/mol. The molecule has 2 aliphatic rings. The number of nitrogens with one attached hydrogen (secondary N) is 1. The Labute approximate surface area is 79.5 Å². The van der Waals surface area contributed by atoms with Gasteiger partial charge in [0, 0.05) is 0 Å². The second-order valence-electron chi connectivity index (χ2n) is 4.11. The summed E-state index contributed by atoms with van der Waals surface area (Å²) in [5.41, 5.74) is 0.420. The van der Waals surface area contributed by atoms with E-state index in [1.165, 1.54) is 19.3 Å². The molecule has 0 bridgehead atoms. The summed E-state index contributed by atoms with van der Waals surface area (Å²) < 4.78 is 12.7. The number of hydrogen-bond acceptors (Lipinski definition) is 1. The summed E-state index contributed by atoms with van der Waals surface area (Å²) in [6.45, 7) is 2.24. The largest absolute Gasteiger partial charge is 0.317 e. The molecule has 0 unspecified atom stereocenters. The lowest BCUT2D eigenvalue weighted by Gasteiger charge is -2.43. The van der Waals surface area contributed by atoms with Crippen LogP contribution in [0.25, 0.3) is 0 Å². The zero-order chi connectivity index (χ0) is 7.73. The summed E-state index contributed by atoms with van der Waals surface area (Å²) in [6.07, 6.45) is 4.90. The molecule has 2 fully saturated rings. The maximum Gasteiger partial charge on any atom is 0.101 e. The predicted molar refractivity (Wildman–Crippen MR) is 50.5 cm³/mol. The molecular weight excluding hydrogens is 177 g/mol. The molecular formula is C9H17ClFN. The Kier molecular flexibility index (Phi) is 3.36. The summed E-state index contributed by atoms with van der Waals surface area (Å²) in [7, 11) is 0. The van der Waals surface area contributed by atoms with E-state index in [9.17, 15) is 4.39 Å². The van der Waals surface area contributed by atoms with E-state index in [0.29, 0.717) is 5.41 Å². The van der Waals surface area contributed by atoms with Gasteiger partial charge < -0.3 is 5.32 Å².